The summed E-state index contributed by atoms with van der Waals surface area (Å²) < 4.78 is 0. The van der Waals surface area contributed by atoms with Crippen LogP contribution in [0, 0.1) is 0 Å². The third-order valence-electron chi connectivity index (χ3n) is 2.72. The van der Waals surface area contributed by atoms with E-state index in [0.29, 0.717) is 0 Å². The SMILES string of the molecule is CCCCN(C)C1=C(NC)C=CCC1. The summed E-state index contributed by atoms with van der Waals surface area (Å²) in [4.78, 5) is 2.39. The highest BCUT2D eigenvalue weighted by molar-refractivity contribution is 5.26. The molecule has 0 atom stereocenters. The lowest BCUT2D eigenvalue weighted by Gasteiger charge is -2.26. The summed E-state index contributed by atoms with van der Waals surface area (Å²) in [5.74, 6) is 0. The lowest BCUT2D eigenvalue weighted by molar-refractivity contribution is 0.384. The zero-order valence-electron chi connectivity index (χ0n) is 9.64. The third kappa shape index (κ3) is 2.79. The molecule has 2 heteroatoms. The van der Waals surface area contributed by atoms with E-state index in [0.717, 1.165) is 0 Å². The predicted octanol–water partition coefficient (Wildman–Crippen LogP) is 2.50. The Bertz CT molecular complexity index is 228. The van der Waals surface area contributed by atoms with Crippen LogP contribution < -0.4 is 5.32 Å². The van der Waals surface area contributed by atoms with Crippen molar-refractivity contribution in [2.75, 3.05) is 20.6 Å². The quantitative estimate of drug-likeness (QED) is 0.723. The molecular formula is C12H22N2. The van der Waals surface area contributed by atoms with E-state index in [9.17, 15) is 0 Å². The molecule has 14 heavy (non-hydrogen) atoms. The van der Waals surface area contributed by atoms with Crippen LogP contribution in [0.2, 0.25) is 0 Å². The second kappa shape index (κ2) is 5.74. The fraction of sp³-hybridized carbons (Fsp3) is 0.667. The van der Waals surface area contributed by atoms with Crippen LogP contribution in [-0.2, 0) is 0 Å². The van der Waals surface area contributed by atoms with Gasteiger partial charge in [0.2, 0.25) is 0 Å². The van der Waals surface area contributed by atoms with Crippen LogP contribution in [0.15, 0.2) is 23.5 Å². The predicted molar refractivity (Wildman–Crippen MR) is 62.0 cm³/mol. The fourth-order valence-electron chi connectivity index (χ4n) is 1.81. The molecule has 0 radical (unpaired) electrons. The van der Waals surface area contributed by atoms with Crippen molar-refractivity contribution in [3.8, 4) is 0 Å². The first kappa shape index (κ1) is 11.2. The van der Waals surface area contributed by atoms with Gasteiger partial charge in [0, 0.05) is 26.3 Å². The van der Waals surface area contributed by atoms with Gasteiger partial charge in [-0.2, -0.15) is 0 Å². The van der Waals surface area contributed by atoms with Gasteiger partial charge in [0.25, 0.3) is 0 Å². The van der Waals surface area contributed by atoms with Gasteiger partial charge in [-0.25, -0.2) is 0 Å². The van der Waals surface area contributed by atoms with Crippen LogP contribution >= 0.6 is 0 Å². The largest absolute Gasteiger partial charge is 0.387 e. The molecule has 0 saturated heterocycles. The van der Waals surface area contributed by atoms with Crippen molar-refractivity contribution in [1.29, 1.82) is 0 Å². The van der Waals surface area contributed by atoms with Gasteiger partial charge in [-0.3, -0.25) is 0 Å². The molecule has 0 aliphatic heterocycles. The molecule has 80 valence electrons. The van der Waals surface area contributed by atoms with Gasteiger partial charge in [0.1, 0.15) is 0 Å². The number of nitrogens with zero attached hydrogens (tertiary/aromatic N) is 1. The molecule has 1 rings (SSSR count). The summed E-state index contributed by atoms with van der Waals surface area (Å²) in [6.07, 6.45) is 9.33. The molecule has 0 saturated carbocycles. The van der Waals surface area contributed by atoms with Crippen molar-refractivity contribution < 1.29 is 0 Å². The van der Waals surface area contributed by atoms with Crippen LogP contribution in [0.1, 0.15) is 32.6 Å². The molecule has 0 amide bonds. The van der Waals surface area contributed by atoms with Gasteiger partial charge in [-0.05, 0) is 25.3 Å². The monoisotopic (exact) mass is 194 g/mol. The molecule has 2 nitrogen and oxygen atoms in total. The number of nitrogens with one attached hydrogen (secondary N) is 1. The van der Waals surface area contributed by atoms with Crippen LogP contribution in [0.3, 0.4) is 0 Å². The Labute approximate surface area is 87.7 Å². The molecule has 1 aliphatic carbocycles. The highest BCUT2D eigenvalue weighted by atomic mass is 15.1. The summed E-state index contributed by atoms with van der Waals surface area (Å²) >= 11 is 0. The van der Waals surface area contributed by atoms with E-state index >= 15 is 0 Å². The summed E-state index contributed by atoms with van der Waals surface area (Å²) in [6.45, 7) is 3.41. The maximum Gasteiger partial charge on any atom is 0.0529 e. The average molecular weight is 194 g/mol. The zero-order chi connectivity index (χ0) is 10.4. The van der Waals surface area contributed by atoms with Crippen molar-refractivity contribution in [2.45, 2.75) is 32.6 Å². The van der Waals surface area contributed by atoms with Gasteiger partial charge in [-0.15, -0.1) is 0 Å². The standard InChI is InChI=1S/C12H22N2/c1-4-5-10-14(3)12-9-7-6-8-11(12)13-2/h6,8,13H,4-5,7,9-10H2,1-3H3. The maximum absolute atomic E-state index is 3.26. The Kier molecular flexibility index (Phi) is 4.57. The van der Waals surface area contributed by atoms with Crippen molar-refractivity contribution in [3.05, 3.63) is 23.5 Å². The van der Waals surface area contributed by atoms with Gasteiger partial charge < -0.3 is 10.2 Å². The van der Waals surface area contributed by atoms with Crippen molar-refractivity contribution in [2.24, 2.45) is 0 Å². The summed E-state index contributed by atoms with van der Waals surface area (Å²) in [5, 5.41) is 3.26. The molecule has 1 N–H and O–H groups in total. The van der Waals surface area contributed by atoms with E-state index in [-0.39, 0.29) is 0 Å². The number of allylic oxidation sites excluding steroid dienone is 3. The molecule has 1 aliphatic rings. The first-order chi connectivity index (χ1) is 6.79. The molecule has 0 aromatic heterocycles. The molecule has 0 aromatic carbocycles. The lowest BCUT2D eigenvalue weighted by Crippen LogP contribution is -2.24. The fourth-order valence-corrected chi connectivity index (χ4v) is 1.81. The van der Waals surface area contributed by atoms with Crippen molar-refractivity contribution in [1.82, 2.24) is 10.2 Å². The number of hydrogen-bond acceptors (Lipinski definition) is 2. The Hall–Kier alpha value is -0.920. The molecular weight excluding hydrogens is 172 g/mol. The molecule has 0 fully saturated rings. The van der Waals surface area contributed by atoms with Gasteiger partial charge in [0.05, 0.1) is 5.70 Å². The number of hydrogen-bond donors (Lipinski definition) is 1. The summed E-state index contributed by atoms with van der Waals surface area (Å²) in [5.41, 5.74) is 2.75. The van der Waals surface area contributed by atoms with Crippen LogP contribution in [0.25, 0.3) is 0 Å². The van der Waals surface area contributed by atoms with E-state index < -0.39 is 0 Å². The van der Waals surface area contributed by atoms with E-state index in [4.69, 9.17) is 0 Å². The number of rotatable bonds is 5. The van der Waals surface area contributed by atoms with Crippen molar-refractivity contribution in [3.63, 3.8) is 0 Å². The molecule has 0 bridgehead atoms. The van der Waals surface area contributed by atoms with Crippen LogP contribution in [-0.4, -0.2) is 25.5 Å². The zero-order valence-corrected chi connectivity index (χ0v) is 9.64. The Morgan fingerprint density at radius 2 is 2.29 bits per heavy atom. The minimum atomic E-state index is 1.17. The number of unbranched alkanes of at least 4 members (excludes halogenated alkanes) is 1. The minimum Gasteiger partial charge on any atom is -0.387 e. The van der Waals surface area contributed by atoms with Crippen molar-refractivity contribution >= 4 is 0 Å². The number of likely N-dealkylation sites (N-methyl/N-ethyl adjacent to an activating group) is 1. The summed E-state index contributed by atoms with van der Waals surface area (Å²) in [6, 6.07) is 0. The first-order valence-electron chi connectivity index (χ1n) is 5.58. The topological polar surface area (TPSA) is 15.3 Å². The second-order valence-corrected chi connectivity index (χ2v) is 3.83. The van der Waals surface area contributed by atoms with Crippen LogP contribution in [0.5, 0.6) is 0 Å². The minimum absolute atomic E-state index is 1.17. The van der Waals surface area contributed by atoms with Crippen LogP contribution in [0.4, 0.5) is 0 Å². The normalized spacial score (nSPS) is 15.9. The molecule has 0 aromatic rings. The molecule has 0 spiro atoms. The first-order valence-corrected chi connectivity index (χ1v) is 5.58. The maximum atomic E-state index is 3.26. The Morgan fingerprint density at radius 1 is 1.50 bits per heavy atom. The Morgan fingerprint density at radius 3 is 2.93 bits per heavy atom. The third-order valence-corrected chi connectivity index (χ3v) is 2.72. The van der Waals surface area contributed by atoms with Gasteiger partial charge >= 0.3 is 0 Å². The Balaban J connectivity index is 2.62. The molecule has 0 heterocycles. The smallest absolute Gasteiger partial charge is 0.0529 e. The average Bonchev–Trinajstić information content (AvgIpc) is 2.25. The lowest BCUT2D eigenvalue weighted by atomic mass is 10.1. The van der Waals surface area contributed by atoms with E-state index in [2.05, 4.69) is 36.3 Å². The van der Waals surface area contributed by atoms with Gasteiger partial charge in [-0.1, -0.05) is 19.4 Å². The van der Waals surface area contributed by atoms with Gasteiger partial charge in [0.15, 0.2) is 0 Å². The van der Waals surface area contributed by atoms with E-state index in [1.807, 2.05) is 7.05 Å². The molecule has 0 unspecified atom stereocenters. The second-order valence-electron chi connectivity index (χ2n) is 3.83. The van der Waals surface area contributed by atoms with E-state index in [1.165, 1.54) is 43.6 Å². The summed E-state index contributed by atoms with van der Waals surface area (Å²) in [7, 11) is 4.19. The highest BCUT2D eigenvalue weighted by Gasteiger charge is 2.10. The van der Waals surface area contributed by atoms with E-state index in [1.54, 1.807) is 0 Å². The highest BCUT2D eigenvalue weighted by Crippen LogP contribution is 2.19.